The monoisotopic (exact) mass is 456 g/mol. The van der Waals surface area contributed by atoms with Gasteiger partial charge in [0.25, 0.3) is 0 Å². The van der Waals surface area contributed by atoms with E-state index in [-0.39, 0.29) is 5.91 Å². The van der Waals surface area contributed by atoms with E-state index in [1.807, 2.05) is 49.7 Å². The molecule has 0 radical (unpaired) electrons. The Labute approximate surface area is 201 Å². The third kappa shape index (κ3) is 4.53. The van der Waals surface area contributed by atoms with Crippen molar-refractivity contribution in [3.05, 3.63) is 76.1 Å². The lowest BCUT2D eigenvalue weighted by Gasteiger charge is -2.13. The number of nitrogens with zero attached hydrogens (tertiary/aromatic N) is 3. The molecule has 34 heavy (non-hydrogen) atoms. The van der Waals surface area contributed by atoms with Gasteiger partial charge in [0.05, 0.1) is 23.7 Å². The molecular formula is C28H32N4O2. The number of hydrogen-bond donors (Lipinski definition) is 1. The third-order valence-corrected chi connectivity index (χ3v) is 6.37. The molecule has 4 rings (SSSR count). The third-order valence-electron chi connectivity index (χ3n) is 6.37. The molecule has 0 aliphatic carbocycles. The molecule has 0 aliphatic rings. The minimum atomic E-state index is -0.0476. The zero-order valence-electron chi connectivity index (χ0n) is 20.8. The number of para-hydroxylation sites is 2. The quantitative estimate of drug-likeness (QED) is 0.374. The zero-order valence-corrected chi connectivity index (χ0v) is 20.8. The Morgan fingerprint density at radius 3 is 2.50 bits per heavy atom. The first kappa shape index (κ1) is 23.5. The van der Waals surface area contributed by atoms with Gasteiger partial charge in [-0.05, 0) is 94.5 Å². The molecule has 2 aromatic heterocycles. The number of hydrogen-bond acceptors (Lipinski definition) is 4. The number of carbonyl (C=O) groups excluding carboxylic acids is 1. The van der Waals surface area contributed by atoms with Crippen LogP contribution in [-0.2, 0) is 11.2 Å². The first-order valence-corrected chi connectivity index (χ1v) is 11.7. The SMILES string of the molecule is CCOc1ccccc1NC(=O)CCc1c(C)nc2c(c(C)nn2-c2ccc(C)c(C)c2)c1C. The molecule has 1 amide bonds. The normalized spacial score (nSPS) is 11.1. The molecule has 4 aromatic rings. The predicted molar refractivity (Wildman–Crippen MR) is 137 cm³/mol. The highest BCUT2D eigenvalue weighted by atomic mass is 16.5. The van der Waals surface area contributed by atoms with Crippen LogP contribution in [0.25, 0.3) is 16.7 Å². The summed E-state index contributed by atoms with van der Waals surface area (Å²) in [5, 5.41) is 8.86. The Hall–Kier alpha value is -3.67. The number of amides is 1. The molecule has 2 heterocycles. The number of nitrogens with one attached hydrogen (secondary N) is 1. The predicted octanol–water partition coefficient (Wildman–Crippen LogP) is 5.93. The summed E-state index contributed by atoms with van der Waals surface area (Å²) in [7, 11) is 0. The highest BCUT2D eigenvalue weighted by molar-refractivity contribution is 5.92. The second-order valence-corrected chi connectivity index (χ2v) is 8.74. The first-order valence-electron chi connectivity index (χ1n) is 11.7. The number of benzene rings is 2. The lowest BCUT2D eigenvalue weighted by atomic mass is 9.99. The Kier molecular flexibility index (Phi) is 6.68. The molecule has 6 nitrogen and oxygen atoms in total. The van der Waals surface area contributed by atoms with Crippen LogP contribution in [0.1, 0.15) is 47.0 Å². The maximum atomic E-state index is 12.7. The van der Waals surface area contributed by atoms with Gasteiger partial charge in [-0.1, -0.05) is 18.2 Å². The van der Waals surface area contributed by atoms with Crippen LogP contribution in [0.5, 0.6) is 5.75 Å². The Morgan fingerprint density at radius 1 is 1.00 bits per heavy atom. The number of pyridine rings is 1. The van der Waals surface area contributed by atoms with Gasteiger partial charge in [0.1, 0.15) is 5.75 Å². The van der Waals surface area contributed by atoms with Crippen LogP contribution in [0, 0.1) is 34.6 Å². The van der Waals surface area contributed by atoms with Gasteiger partial charge in [0.15, 0.2) is 5.65 Å². The van der Waals surface area contributed by atoms with Gasteiger partial charge in [-0.2, -0.15) is 5.10 Å². The standard InChI is InChI=1S/C28H32N4O2/c1-7-34-25-11-9-8-10-24(25)30-26(33)15-14-23-19(4)27-21(6)31-32(28(27)29-20(23)5)22-13-12-17(2)18(3)16-22/h8-13,16H,7,14-15H2,1-6H3,(H,30,33). The summed E-state index contributed by atoms with van der Waals surface area (Å²) in [5.41, 5.74) is 9.14. The smallest absolute Gasteiger partial charge is 0.224 e. The summed E-state index contributed by atoms with van der Waals surface area (Å²) >= 11 is 0. The van der Waals surface area contributed by atoms with Crippen LogP contribution >= 0.6 is 0 Å². The lowest BCUT2D eigenvalue weighted by molar-refractivity contribution is -0.116. The summed E-state index contributed by atoms with van der Waals surface area (Å²) in [5.74, 6) is 0.636. The summed E-state index contributed by atoms with van der Waals surface area (Å²) < 4.78 is 7.55. The van der Waals surface area contributed by atoms with Crippen LogP contribution < -0.4 is 10.1 Å². The van der Waals surface area contributed by atoms with E-state index >= 15 is 0 Å². The van der Waals surface area contributed by atoms with E-state index in [1.54, 1.807) is 0 Å². The average Bonchev–Trinajstić information content (AvgIpc) is 3.13. The highest BCUT2D eigenvalue weighted by Gasteiger charge is 2.18. The Balaban J connectivity index is 1.60. The molecule has 1 N–H and O–H groups in total. The van der Waals surface area contributed by atoms with Gasteiger partial charge in [-0.25, -0.2) is 9.67 Å². The van der Waals surface area contributed by atoms with E-state index in [1.165, 1.54) is 11.1 Å². The molecule has 0 bridgehead atoms. The average molecular weight is 457 g/mol. The molecule has 6 heteroatoms. The molecule has 0 saturated carbocycles. The number of rotatable bonds is 7. The maximum Gasteiger partial charge on any atom is 0.224 e. The van der Waals surface area contributed by atoms with Crippen molar-refractivity contribution in [2.45, 2.75) is 54.4 Å². The van der Waals surface area contributed by atoms with Crippen LogP contribution in [0.4, 0.5) is 5.69 Å². The van der Waals surface area contributed by atoms with Crippen molar-refractivity contribution in [2.75, 3.05) is 11.9 Å². The van der Waals surface area contributed by atoms with E-state index < -0.39 is 0 Å². The van der Waals surface area contributed by atoms with Crippen LogP contribution in [0.15, 0.2) is 42.5 Å². The molecule has 0 saturated heterocycles. The molecule has 2 aromatic carbocycles. The molecule has 0 spiro atoms. The zero-order chi connectivity index (χ0) is 24.4. The Morgan fingerprint density at radius 2 is 1.76 bits per heavy atom. The van der Waals surface area contributed by atoms with Crippen molar-refractivity contribution in [1.82, 2.24) is 14.8 Å². The van der Waals surface area contributed by atoms with Gasteiger partial charge in [-0.3, -0.25) is 4.79 Å². The van der Waals surface area contributed by atoms with Crippen LogP contribution in [0.3, 0.4) is 0 Å². The molecule has 176 valence electrons. The van der Waals surface area contributed by atoms with Gasteiger partial charge < -0.3 is 10.1 Å². The number of fused-ring (bicyclic) bond motifs is 1. The van der Waals surface area contributed by atoms with Crippen LogP contribution in [0.2, 0.25) is 0 Å². The van der Waals surface area contributed by atoms with Gasteiger partial charge in [0.2, 0.25) is 5.91 Å². The highest BCUT2D eigenvalue weighted by Crippen LogP contribution is 2.29. The minimum Gasteiger partial charge on any atom is -0.492 e. The number of ether oxygens (including phenoxy) is 1. The molecule has 0 aliphatic heterocycles. The molecule has 0 fully saturated rings. The van der Waals surface area contributed by atoms with Gasteiger partial charge in [0, 0.05) is 17.5 Å². The summed E-state index contributed by atoms with van der Waals surface area (Å²) in [6.07, 6.45) is 0.969. The molecular weight excluding hydrogens is 424 g/mol. The largest absolute Gasteiger partial charge is 0.492 e. The Bertz CT molecular complexity index is 1370. The lowest BCUT2D eigenvalue weighted by Crippen LogP contribution is -2.14. The second-order valence-electron chi connectivity index (χ2n) is 8.74. The summed E-state index contributed by atoms with van der Waals surface area (Å²) in [4.78, 5) is 17.7. The topological polar surface area (TPSA) is 69.0 Å². The number of anilines is 1. The van der Waals surface area contributed by atoms with Crippen molar-refractivity contribution in [2.24, 2.45) is 0 Å². The first-order chi connectivity index (χ1) is 16.3. The second kappa shape index (κ2) is 9.67. The minimum absolute atomic E-state index is 0.0476. The van der Waals surface area contributed by atoms with E-state index in [4.69, 9.17) is 14.8 Å². The fraction of sp³-hybridized carbons (Fsp3) is 0.321. The van der Waals surface area contributed by atoms with Gasteiger partial charge in [-0.15, -0.1) is 0 Å². The summed E-state index contributed by atoms with van der Waals surface area (Å²) in [6.45, 7) is 12.8. The van der Waals surface area contributed by atoms with Gasteiger partial charge >= 0.3 is 0 Å². The van der Waals surface area contributed by atoms with E-state index in [2.05, 4.69) is 44.3 Å². The van der Waals surface area contributed by atoms with Crippen molar-refractivity contribution >= 4 is 22.6 Å². The van der Waals surface area contributed by atoms with Crippen molar-refractivity contribution in [3.8, 4) is 11.4 Å². The maximum absolute atomic E-state index is 12.7. The van der Waals surface area contributed by atoms with E-state index in [0.717, 1.165) is 39.2 Å². The van der Waals surface area contributed by atoms with Crippen LogP contribution in [-0.4, -0.2) is 27.3 Å². The van der Waals surface area contributed by atoms with E-state index in [9.17, 15) is 4.79 Å². The van der Waals surface area contributed by atoms with Crippen molar-refractivity contribution < 1.29 is 9.53 Å². The van der Waals surface area contributed by atoms with E-state index in [0.29, 0.717) is 30.9 Å². The van der Waals surface area contributed by atoms with Crippen molar-refractivity contribution in [1.29, 1.82) is 0 Å². The molecule has 0 atom stereocenters. The fourth-order valence-electron chi connectivity index (χ4n) is 4.41. The van der Waals surface area contributed by atoms with Crippen molar-refractivity contribution in [3.63, 3.8) is 0 Å². The number of aryl methyl sites for hydroxylation is 5. The number of aromatic nitrogens is 3. The number of carbonyl (C=O) groups is 1. The molecule has 0 unspecified atom stereocenters. The fourth-order valence-corrected chi connectivity index (χ4v) is 4.41. The summed E-state index contributed by atoms with van der Waals surface area (Å²) in [6, 6.07) is 13.8.